The van der Waals surface area contributed by atoms with Crippen molar-refractivity contribution >= 4 is 51.0 Å². The number of nitrogens with zero attached hydrogens (tertiary/aromatic N) is 3. The number of carbonyl (C=O) groups is 4. The highest BCUT2D eigenvalue weighted by Gasteiger charge is 2.77. The highest BCUT2D eigenvalue weighted by atomic mass is 79.9. The number of fused-ring (bicyclic) bond motifs is 1. The van der Waals surface area contributed by atoms with E-state index in [1.54, 1.807) is 24.0 Å². The molecule has 3 aliphatic rings. The van der Waals surface area contributed by atoms with Crippen LogP contribution in [-0.4, -0.2) is 94.6 Å². The van der Waals surface area contributed by atoms with Gasteiger partial charge in [-0.05, 0) is 69.9 Å². The van der Waals surface area contributed by atoms with Gasteiger partial charge in [-0.1, -0.05) is 65.3 Å². The molecule has 2 N–H and O–H groups in total. The Morgan fingerprint density at radius 3 is 2.32 bits per heavy atom. The van der Waals surface area contributed by atoms with Gasteiger partial charge < -0.3 is 34.6 Å². The lowest BCUT2D eigenvalue weighted by atomic mass is 9.70. The van der Waals surface area contributed by atoms with Crippen LogP contribution in [0.3, 0.4) is 0 Å². The molecule has 11 nitrogen and oxygen atoms in total. The number of esters is 1. The summed E-state index contributed by atoms with van der Waals surface area (Å²) in [6.07, 6.45) is 3.11. The topological polar surface area (TPSA) is 129 Å². The van der Waals surface area contributed by atoms with Crippen LogP contribution in [0, 0.1) is 11.8 Å². The second-order valence-electron chi connectivity index (χ2n) is 14.0. The summed E-state index contributed by atoms with van der Waals surface area (Å²) in [7, 11) is 0. The fourth-order valence-electron chi connectivity index (χ4n) is 8.39. The third kappa shape index (κ3) is 7.68. The Labute approximate surface area is 321 Å². The fourth-order valence-corrected chi connectivity index (χ4v) is 9.34. The minimum absolute atomic E-state index is 0.167. The van der Waals surface area contributed by atoms with Crippen LogP contribution in [0.5, 0.6) is 0 Å². The zero-order valence-electron chi connectivity index (χ0n) is 31.2. The molecule has 5 rings (SSSR count). The molecule has 1 spiro atoms. The molecule has 3 amide bonds. The van der Waals surface area contributed by atoms with Crippen LogP contribution in [0.25, 0.3) is 0 Å². The van der Waals surface area contributed by atoms with Crippen LogP contribution >= 0.6 is 15.9 Å². The zero-order chi connectivity index (χ0) is 38.4. The lowest BCUT2D eigenvalue weighted by molar-refractivity contribution is -0.162. The highest BCUT2D eigenvalue weighted by Crippen LogP contribution is 2.61. The van der Waals surface area contributed by atoms with E-state index in [9.17, 15) is 19.5 Å². The van der Waals surface area contributed by atoms with Crippen molar-refractivity contribution in [3.05, 3.63) is 85.5 Å². The SMILES string of the molecule is C=CCCC(=O)N[C@@H](C)[C@H](OC(=O)[C@H]1[C@@H]2O[C@@]3(CC2Br)[C@@H]1C(=O)N([C@@H](CC)CO)[C@@H]3C(=O)N(CC=C)c1ccc(N(CC)CC)cc1)c1ccccc1. The first kappa shape index (κ1) is 40.2. The maximum Gasteiger partial charge on any atom is 0.313 e. The Morgan fingerprint density at radius 2 is 1.74 bits per heavy atom. The summed E-state index contributed by atoms with van der Waals surface area (Å²) >= 11 is 3.74. The minimum Gasteiger partial charge on any atom is -0.455 e. The molecule has 0 aromatic heterocycles. The maximum absolute atomic E-state index is 15.0. The number of nitrogens with one attached hydrogen (secondary N) is 1. The number of hydrogen-bond donors (Lipinski definition) is 2. The number of rotatable bonds is 18. The van der Waals surface area contributed by atoms with Crippen LogP contribution in [0.4, 0.5) is 11.4 Å². The minimum atomic E-state index is -1.37. The molecule has 0 radical (unpaired) electrons. The van der Waals surface area contributed by atoms with Crippen LogP contribution in [-0.2, 0) is 28.7 Å². The lowest BCUT2D eigenvalue weighted by Gasteiger charge is -2.39. The molecule has 3 heterocycles. The largest absolute Gasteiger partial charge is 0.455 e. The van der Waals surface area contributed by atoms with Crippen molar-refractivity contribution < 1.29 is 33.8 Å². The summed E-state index contributed by atoms with van der Waals surface area (Å²) in [6, 6.07) is 14.4. The Morgan fingerprint density at radius 1 is 1.08 bits per heavy atom. The van der Waals surface area contributed by atoms with Crippen molar-refractivity contribution in [1.82, 2.24) is 10.2 Å². The zero-order valence-corrected chi connectivity index (χ0v) is 32.7. The Hall–Kier alpha value is -4.00. The number of benzene rings is 2. The summed E-state index contributed by atoms with van der Waals surface area (Å²) < 4.78 is 13.0. The fraction of sp³-hybridized carbons (Fsp3) is 0.512. The monoisotopic (exact) mass is 792 g/mol. The average molecular weight is 794 g/mol. The summed E-state index contributed by atoms with van der Waals surface area (Å²) in [5.74, 6) is -3.75. The van der Waals surface area contributed by atoms with Gasteiger partial charge in [0.2, 0.25) is 11.8 Å². The van der Waals surface area contributed by atoms with Gasteiger partial charge >= 0.3 is 5.97 Å². The summed E-state index contributed by atoms with van der Waals surface area (Å²) in [5, 5.41) is 13.5. The number of ether oxygens (including phenoxy) is 2. The van der Waals surface area contributed by atoms with Crippen LogP contribution < -0.4 is 15.1 Å². The number of hydrogen-bond acceptors (Lipinski definition) is 8. The van der Waals surface area contributed by atoms with E-state index in [1.807, 2.05) is 61.5 Å². The number of allylic oxidation sites excluding steroid dienone is 1. The van der Waals surface area contributed by atoms with Crippen molar-refractivity contribution in [1.29, 1.82) is 0 Å². The van der Waals surface area contributed by atoms with Crippen molar-refractivity contribution in [3.8, 4) is 0 Å². The number of likely N-dealkylation sites (tertiary alicyclic amines) is 1. The third-order valence-electron chi connectivity index (χ3n) is 11.0. The smallest absolute Gasteiger partial charge is 0.313 e. The predicted octanol–water partition coefficient (Wildman–Crippen LogP) is 5.33. The maximum atomic E-state index is 15.0. The highest BCUT2D eigenvalue weighted by molar-refractivity contribution is 9.09. The molecular weight excluding hydrogens is 740 g/mol. The first-order chi connectivity index (χ1) is 25.5. The Balaban J connectivity index is 1.52. The molecular formula is C41H53BrN4O7. The van der Waals surface area contributed by atoms with Gasteiger partial charge in [-0.3, -0.25) is 19.2 Å². The molecule has 3 saturated heterocycles. The molecule has 3 aliphatic heterocycles. The van der Waals surface area contributed by atoms with E-state index in [0.717, 1.165) is 18.8 Å². The van der Waals surface area contributed by atoms with E-state index in [4.69, 9.17) is 9.47 Å². The first-order valence-corrected chi connectivity index (χ1v) is 19.6. The molecule has 3 fully saturated rings. The molecule has 12 heteroatoms. The van der Waals surface area contributed by atoms with Crippen molar-refractivity contribution in [2.45, 2.75) is 94.1 Å². The van der Waals surface area contributed by atoms with Crippen LogP contribution in [0.1, 0.15) is 65.0 Å². The lowest BCUT2D eigenvalue weighted by Crippen LogP contribution is -2.59. The van der Waals surface area contributed by atoms with E-state index < -0.39 is 59.6 Å². The molecule has 0 aliphatic carbocycles. The van der Waals surface area contributed by atoms with Gasteiger partial charge in [0.05, 0.1) is 36.6 Å². The van der Waals surface area contributed by atoms with Crippen molar-refractivity contribution in [2.75, 3.05) is 36.0 Å². The van der Waals surface area contributed by atoms with Gasteiger partial charge in [0.1, 0.15) is 17.7 Å². The Bertz CT molecular complexity index is 1630. The Kier molecular flexibility index (Phi) is 13.2. The number of anilines is 2. The van der Waals surface area contributed by atoms with Gasteiger partial charge in [-0.25, -0.2) is 0 Å². The normalized spacial score (nSPS) is 26.0. The molecule has 2 aromatic rings. The average Bonchev–Trinajstić information content (AvgIpc) is 3.76. The van der Waals surface area contributed by atoms with Gasteiger partial charge in [-0.15, -0.1) is 13.2 Å². The summed E-state index contributed by atoms with van der Waals surface area (Å²) in [4.78, 5) is 61.9. The van der Waals surface area contributed by atoms with Crippen LogP contribution in [0.2, 0.25) is 0 Å². The summed E-state index contributed by atoms with van der Waals surface area (Å²) in [5.41, 5.74) is 0.960. The number of aliphatic hydroxyl groups excluding tert-OH is 1. The molecule has 0 saturated carbocycles. The van der Waals surface area contributed by atoms with E-state index in [2.05, 4.69) is 53.2 Å². The van der Waals surface area contributed by atoms with E-state index in [1.165, 1.54) is 4.90 Å². The number of halogens is 1. The van der Waals surface area contributed by atoms with E-state index in [-0.39, 0.29) is 36.2 Å². The van der Waals surface area contributed by atoms with Crippen molar-refractivity contribution in [3.63, 3.8) is 0 Å². The predicted molar refractivity (Wildman–Crippen MR) is 209 cm³/mol. The molecule has 53 heavy (non-hydrogen) atoms. The van der Waals surface area contributed by atoms with Gasteiger partial charge in [0.15, 0.2) is 0 Å². The first-order valence-electron chi connectivity index (χ1n) is 18.7. The number of amides is 3. The van der Waals surface area contributed by atoms with E-state index >= 15 is 4.79 Å². The second-order valence-corrected chi connectivity index (χ2v) is 15.2. The number of aliphatic hydroxyl groups is 1. The molecule has 286 valence electrons. The quantitative estimate of drug-likeness (QED) is 0.118. The van der Waals surface area contributed by atoms with Gasteiger partial charge in [0, 0.05) is 42.3 Å². The molecule has 2 aromatic carbocycles. The van der Waals surface area contributed by atoms with Gasteiger partial charge in [0.25, 0.3) is 5.91 Å². The molecule has 9 atom stereocenters. The molecule has 1 unspecified atom stereocenters. The summed E-state index contributed by atoms with van der Waals surface area (Å²) in [6.45, 7) is 16.9. The third-order valence-corrected chi connectivity index (χ3v) is 11.8. The second kappa shape index (κ2) is 17.4. The van der Waals surface area contributed by atoms with E-state index in [0.29, 0.717) is 30.5 Å². The van der Waals surface area contributed by atoms with Crippen molar-refractivity contribution in [2.24, 2.45) is 11.8 Å². The molecule has 2 bridgehead atoms. The van der Waals surface area contributed by atoms with Crippen LogP contribution in [0.15, 0.2) is 79.9 Å². The number of carbonyl (C=O) groups excluding carboxylic acids is 4. The van der Waals surface area contributed by atoms with Gasteiger partial charge in [-0.2, -0.15) is 0 Å². The number of alkyl halides is 1. The standard InChI is InChI=1S/C41H53BrN4O7/c1-7-12-18-32(48)43-26(6)35(27-16-14-13-15-17-27)52-40(51)33-34-38(49)46(28(9-3)25-47)37(41(34)24-31(42)36(33)53-41)39(50)45(23-8-2)30-21-19-29(20-22-30)44(10-4)11-5/h7-8,13-17,19-22,26,28,31,33-37,47H,1-2,9-12,18,23-25H2,3-6H3,(H,43,48)/t26-,28-,31?,33+,34-,35-,36+,37+,41-/m0/s1.